The van der Waals surface area contributed by atoms with E-state index >= 15 is 4.39 Å². The minimum atomic E-state index is -0.593. The summed E-state index contributed by atoms with van der Waals surface area (Å²) in [7, 11) is 3.63. The van der Waals surface area contributed by atoms with Crippen LogP contribution in [0.4, 0.5) is 10.2 Å². The lowest BCUT2D eigenvalue weighted by molar-refractivity contribution is 0.108. The molecule has 0 amide bonds. The topological polar surface area (TPSA) is 62.8 Å². The van der Waals surface area contributed by atoms with Gasteiger partial charge in [0, 0.05) is 19.2 Å². The van der Waals surface area contributed by atoms with Crippen molar-refractivity contribution in [3.63, 3.8) is 0 Å². The zero-order chi connectivity index (χ0) is 23.4. The number of methoxy groups -OCH3 is 1. The number of rotatable bonds is 11. The molecule has 2 aliphatic rings. The van der Waals surface area contributed by atoms with Crippen LogP contribution in [0.3, 0.4) is 0 Å². The van der Waals surface area contributed by atoms with E-state index in [2.05, 4.69) is 39.1 Å². The number of benzene rings is 1. The number of unbranched alkanes of at least 4 members (excludes halogenated alkanes) is 1. The molecule has 9 heteroatoms. The highest BCUT2D eigenvalue weighted by Crippen LogP contribution is 2.40. The van der Waals surface area contributed by atoms with Gasteiger partial charge in [0.15, 0.2) is 5.82 Å². The predicted molar refractivity (Wildman–Crippen MR) is 130 cm³/mol. The number of nitrogens with one attached hydrogen (secondary N) is 1. The molecular formula is C24H35ClFN5O2. The molecule has 0 aliphatic carbocycles. The first-order chi connectivity index (χ1) is 16.0. The van der Waals surface area contributed by atoms with Crippen molar-refractivity contribution in [1.29, 1.82) is 0 Å². The molecule has 0 radical (unpaired) electrons. The Morgan fingerprint density at radius 1 is 1.24 bits per heavy atom. The van der Waals surface area contributed by atoms with Gasteiger partial charge in [0.2, 0.25) is 0 Å². The quantitative estimate of drug-likeness (QED) is 0.506. The average molecular weight is 480 g/mol. The van der Waals surface area contributed by atoms with E-state index in [0.29, 0.717) is 30.1 Å². The van der Waals surface area contributed by atoms with Crippen LogP contribution in [-0.2, 0) is 0 Å². The molecule has 33 heavy (non-hydrogen) atoms. The lowest BCUT2D eigenvalue weighted by Gasteiger charge is -2.31. The summed E-state index contributed by atoms with van der Waals surface area (Å²) in [5.74, 6) is 0.337. The van der Waals surface area contributed by atoms with Gasteiger partial charge < -0.3 is 19.7 Å². The Balaban J connectivity index is 1.60. The molecule has 2 fully saturated rings. The fourth-order valence-electron chi connectivity index (χ4n) is 5.11. The Kier molecular flexibility index (Phi) is 7.76. The number of likely N-dealkylation sites (N-methyl/N-ethyl adjacent to an activating group) is 1. The Labute approximate surface area is 200 Å². The largest absolute Gasteiger partial charge is 0.496 e. The van der Waals surface area contributed by atoms with Crippen LogP contribution in [0.1, 0.15) is 45.4 Å². The molecule has 4 rings (SSSR count). The molecule has 1 aromatic heterocycles. The third-order valence-electron chi connectivity index (χ3n) is 6.99. The molecule has 7 nitrogen and oxygen atoms in total. The molecule has 0 atom stereocenters. The summed E-state index contributed by atoms with van der Waals surface area (Å²) >= 11 is 6.13. The number of fused-ring (bicyclic) bond motifs is 2. The Hall–Kier alpha value is -1.90. The van der Waals surface area contributed by atoms with Crippen molar-refractivity contribution < 1.29 is 13.9 Å². The van der Waals surface area contributed by atoms with E-state index in [1.807, 2.05) is 0 Å². The minimum Gasteiger partial charge on any atom is -0.496 e. The zero-order valence-corrected chi connectivity index (χ0v) is 20.7. The summed E-state index contributed by atoms with van der Waals surface area (Å²) in [5, 5.41) is 3.80. The van der Waals surface area contributed by atoms with Crippen molar-refractivity contribution in [2.24, 2.45) is 0 Å². The van der Waals surface area contributed by atoms with Crippen molar-refractivity contribution in [1.82, 2.24) is 19.8 Å². The van der Waals surface area contributed by atoms with Crippen molar-refractivity contribution >= 4 is 28.3 Å². The number of aromatic nitrogens is 2. The van der Waals surface area contributed by atoms with Gasteiger partial charge >= 0.3 is 6.01 Å². The summed E-state index contributed by atoms with van der Waals surface area (Å²) in [6.45, 7) is 7.43. The van der Waals surface area contributed by atoms with E-state index in [9.17, 15) is 0 Å². The average Bonchev–Trinajstić information content (AvgIpc) is 3.39. The van der Waals surface area contributed by atoms with Crippen LogP contribution < -0.4 is 14.8 Å². The van der Waals surface area contributed by atoms with Crippen molar-refractivity contribution in [2.75, 3.05) is 58.8 Å². The lowest BCUT2D eigenvalue weighted by Crippen LogP contribution is -2.43. The Morgan fingerprint density at radius 3 is 2.70 bits per heavy atom. The maximum absolute atomic E-state index is 15.0. The standard InChI is InChI=1S/C24H35ClFN5O2/c1-4-5-11-30(2)14-10-27-22-19-18(32-3)15-17(25)20(26)21(19)28-23(29-22)33-16-24-8-6-12-31(24)13-7-9-24/h15H,4-14,16H2,1-3H3,(H,27,28,29). The number of nitrogens with zero attached hydrogens (tertiary/aromatic N) is 4. The van der Waals surface area contributed by atoms with Crippen LogP contribution in [0.15, 0.2) is 6.07 Å². The molecule has 0 bridgehead atoms. The van der Waals surface area contributed by atoms with Crippen molar-refractivity contribution in [2.45, 2.75) is 51.0 Å². The van der Waals surface area contributed by atoms with Gasteiger partial charge in [-0.05, 0) is 58.8 Å². The van der Waals surface area contributed by atoms with Gasteiger partial charge in [-0.25, -0.2) is 4.39 Å². The minimum absolute atomic E-state index is 0.0365. The van der Waals surface area contributed by atoms with Crippen LogP contribution in [0.25, 0.3) is 10.9 Å². The fraction of sp³-hybridized carbons (Fsp3) is 0.667. The highest BCUT2D eigenvalue weighted by atomic mass is 35.5. The molecule has 2 aromatic rings. The number of ether oxygens (including phenoxy) is 2. The van der Waals surface area contributed by atoms with E-state index in [1.165, 1.54) is 26.0 Å². The summed E-state index contributed by atoms with van der Waals surface area (Å²) in [6, 6.07) is 1.64. The molecular weight excluding hydrogens is 445 g/mol. The van der Waals surface area contributed by atoms with Crippen LogP contribution in [-0.4, -0.2) is 78.8 Å². The van der Waals surface area contributed by atoms with E-state index in [1.54, 1.807) is 0 Å². The predicted octanol–water partition coefficient (Wildman–Crippen LogP) is 4.58. The van der Waals surface area contributed by atoms with Crippen LogP contribution in [0.2, 0.25) is 5.02 Å². The third-order valence-corrected chi connectivity index (χ3v) is 7.27. The first-order valence-corrected chi connectivity index (χ1v) is 12.4. The van der Waals surface area contributed by atoms with Crippen LogP contribution in [0, 0.1) is 5.82 Å². The molecule has 2 aliphatic heterocycles. The second kappa shape index (κ2) is 10.6. The summed E-state index contributed by atoms with van der Waals surface area (Å²) in [6.07, 6.45) is 6.91. The summed E-state index contributed by atoms with van der Waals surface area (Å²) in [4.78, 5) is 13.8. The normalized spacial score (nSPS) is 17.6. The van der Waals surface area contributed by atoms with E-state index in [4.69, 9.17) is 21.1 Å². The smallest absolute Gasteiger partial charge is 0.319 e. The fourth-order valence-corrected chi connectivity index (χ4v) is 5.30. The van der Waals surface area contributed by atoms with Gasteiger partial charge in [0.1, 0.15) is 23.7 Å². The lowest BCUT2D eigenvalue weighted by atomic mass is 9.95. The Morgan fingerprint density at radius 2 is 2.00 bits per heavy atom. The number of halogens is 2. The maximum Gasteiger partial charge on any atom is 0.319 e. The van der Waals surface area contributed by atoms with Gasteiger partial charge in [0.25, 0.3) is 0 Å². The second-order valence-electron chi connectivity index (χ2n) is 9.24. The van der Waals surface area contributed by atoms with Crippen molar-refractivity contribution in [3.8, 4) is 11.8 Å². The molecule has 1 aromatic carbocycles. The van der Waals surface area contributed by atoms with Crippen LogP contribution in [0.5, 0.6) is 11.8 Å². The van der Waals surface area contributed by atoms with Gasteiger partial charge in [-0.1, -0.05) is 24.9 Å². The van der Waals surface area contributed by atoms with Crippen LogP contribution >= 0.6 is 11.6 Å². The summed E-state index contributed by atoms with van der Waals surface area (Å²) < 4.78 is 26.7. The monoisotopic (exact) mass is 479 g/mol. The molecule has 2 saturated heterocycles. The first kappa shape index (κ1) is 24.2. The van der Waals surface area contributed by atoms with Gasteiger partial charge in [-0.15, -0.1) is 0 Å². The van der Waals surface area contributed by atoms with E-state index < -0.39 is 5.82 Å². The van der Waals surface area contributed by atoms with E-state index in [-0.39, 0.29) is 22.1 Å². The van der Waals surface area contributed by atoms with Gasteiger partial charge in [-0.3, -0.25) is 4.90 Å². The Bertz CT molecular complexity index is 966. The molecule has 1 N–H and O–H groups in total. The third kappa shape index (κ3) is 5.12. The molecule has 182 valence electrons. The molecule has 0 saturated carbocycles. The second-order valence-corrected chi connectivity index (χ2v) is 9.65. The maximum atomic E-state index is 15.0. The summed E-state index contributed by atoms with van der Waals surface area (Å²) in [5.41, 5.74) is 0.164. The van der Waals surface area contributed by atoms with Gasteiger partial charge in [-0.2, -0.15) is 9.97 Å². The molecule has 3 heterocycles. The highest BCUT2D eigenvalue weighted by molar-refractivity contribution is 6.31. The number of hydrogen-bond donors (Lipinski definition) is 1. The van der Waals surface area contributed by atoms with Crippen molar-refractivity contribution in [3.05, 3.63) is 16.9 Å². The number of anilines is 1. The van der Waals surface area contributed by atoms with E-state index in [0.717, 1.165) is 51.9 Å². The van der Waals surface area contributed by atoms with Gasteiger partial charge in [0.05, 0.1) is 23.1 Å². The first-order valence-electron chi connectivity index (χ1n) is 12.0. The molecule has 0 unspecified atom stereocenters. The zero-order valence-electron chi connectivity index (χ0n) is 19.9. The SMILES string of the molecule is CCCCN(C)CCNc1nc(OCC23CCCN2CCC3)nc2c(F)c(Cl)cc(OC)c12. The highest BCUT2D eigenvalue weighted by Gasteiger charge is 2.45. The number of hydrogen-bond acceptors (Lipinski definition) is 7. The molecule has 0 spiro atoms.